The number of aromatic nitrogens is 2. The Morgan fingerprint density at radius 3 is 2.32 bits per heavy atom. The highest BCUT2D eigenvalue weighted by atomic mass is 32.1. The topological polar surface area (TPSA) is 83.4 Å². The normalized spacial score (nSPS) is 16.7. The maximum Gasteiger partial charge on any atom is 0.296 e. The molecule has 0 aliphatic carbocycles. The molecular formula is C21H17N3O3S. The number of Topliss-reactive ketones (excluding diaryl/α,β-unsaturated/α-hetero) is 1. The van der Waals surface area contributed by atoms with Gasteiger partial charge in [0.15, 0.2) is 11.5 Å². The number of carbonyl (C=O) groups is 2. The largest absolute Gasteiger partial charge is 0.503 e. The second-order valence-electron chi connectivity index (χ2n) is 6.55. The molecule has 1 atom stereocenters. The molecule has 0 spiro atoms. The zero-order valence-electron chi connectivity index (χ0n) is 15.3. The molecule has 140 valence electrons. The maximum absolute atomic E-state index is 13.2. The molecule has 0 bridgehead atoms. The van der Waals surface area contributed by atoms with E-state index in [2.05, 4.69) is 10.2 Å². The van der Waals surface area contributed by atoms with E-state index in [0.29, 0.717) is 15.7 Å². The summed E-state index contributed by atoms with van der Waals surface area (Å²) in [5, 5.41) is 19.7. The second-order valence-corrected chi connectivity index (χ2v) is 7.71. The number of amides is 1. The Bertz CT molecular complexity index is 1090. The molecule has 0 saturated heterocycles. The van der Waals surface area contributed by atoms with Crippen LogP contribution in [0.2, 0.25) is 0 Å². The fraction of sp³-hybridized carbons (Fsp3) is 0.143. The van der Waals surface area contributed by atoms with Crippen LogP contribution in [0.15, 0.2) is 65.9 Å². The van der Waals surface area contributed by atoms with Crippen molar-refractivity contribution in [3.8, 4) is 0 Å². The van der Waals surface area contributed by atoms with Crippen molar-refractivity contribution in [2.24, 2.45) is 0 Å². The molecule has 7 heteroatoms. The summed E-state index contributed by atoms with van der Waals surface area (Å²) in [4.78, 5) is 27.5. The van der Waals surface area contributed by atoms with Crippen molar-refractivity contribution in [2.75, 3.05) is 4.90 Å². The number of hydrogen-bond donors (Lipinski definition) is 1. The predicted octanol–water partition coefficient (Wildman–Crippen LogP) is 3.94. The number of ketones is 1. The Morgan fingerprint density at radius 1 is 1.04 bits per heavy atom. The molecular weight excluding hydrogens is 374 g/mol. The molecule has 6 nitrogen and oxygen atoms in total. The monoisotopic (exact) mass is 391 g/mol. The first-order valence-corrected chi connectivity index (χ1v) is 9.52. The highest BCUT2D eigenvalue weighted by Gasteiger charge is 2.45. The molecule has 4 rings (SSSR count). The van der Waals surface area contributed by atoms with Gasteiger partial charge < -0.3 is 5.11 Å². The number of benzene rings is 2. The first-order chi connectivity index (χ1) is 13.5. The first-order valence-electron chi connectivity index (χ1n) is 8.70. The van der Waals surface area contributed by atoms with Crippen LogP contribution in [-0.4, -0.2) is 27.0 Å². The molecule has 0 saturated carbocycles. The standard InChI is InChI=1S/C21H17N3O3S/c1-12-8-10-14(11-9-12)17-16(18(25)15-6-4-3-5-7-15)19(26)20(27)24(17)21-23-22-13(2)28-21/h3-11,17,26H,1-2H3. The van der Waals surface area contributed by atoms with Gasteiger partial charge in [-0.15, -0.1) is 10.2 Å². The fourth-order valence-corrected chi connectivity index (χ4v) is 3.94. The van der Waals surface area contributed by atoms with Gasteiger partial charge in [-0.25, -0.2) is 0 Å². The van der Waals surface area contributed by atoms with Crippen LogP contribution in [0.5, 0.6) is 0 Å². The SMILES string of the molecule is Cc1ccc(C2C(C(=O)c3ccccc3)=C(O)C(=O)N2c2nnc(C)s2)cc1. The summed E-state index contributed by atoms with van der Waals surface area (Å²) in [6.45, 7) is 3.74. The number of aliphatic hydroxyl groups excluding tert-OH is 1. The smallest absolute Gasteiger partial charge is 0.296 e. The van der Waals surface area contributed by atoms with Gasteiger partial charge >= 0.3 is 0 Å². The fourth-order valence-electron chi connectivity index (χ4n) is 3.23. The van der Waals surface area contributed by atoms with Crippen molar-refractivity contribution >= 4 is 28.2 Å². The summed E-state index contributed by atoms with van der Waals surface area (Å²) in [5.74, 6) is -1.59. The molecule has 1 amide bonds. The Labute approximate surface area is 165 Å². The Balaban J connectivity index is 1.88. The van der Waals surface area contributed by atoms with E-state index in [9.17, 15) is 14.7 Å². The van der Waals surface area contributed by atoms with Gasteiger partial charge in [0, 0.05) is 5.56 Å². The van der Waals surface area contributed by atoms with E-state index in [0.717, 1.165) is 11.1 Å². The molecule has 28 heavy (non-hydrogen) atoms. The summed E-state index contributed by atoms with van der Waals surface area (Å²) < 4.78 is 0. The molecule has 1 aliphatic heterocycles. The average molecular weight is 391 g/mol. The number of carbonyl (C=O) groups excluding carboxylic acids is 2. The van der Waals surface area contributed by atoms with Crippen LogP contribution >= 0.6 is 11.3 Å². The van der Waals surface area contributed by atoms with Crippen LogP contribution in [-0.2, 0) is 4.79 Å². The molecule has 0 radical (unpaired) electrons. The number of aliphatic hydroxyl groups is 1. The van der Waals surface area contributed by atoms with Gasteiger partial charge in [-0.2, -0.15) is 0 Å². The Kier molecular flexibility index (Phi) is 4.52. The van der Waals surface area contributed by atoms with Crippen LogP contribution in [0, 0.1) is 13.8 Å². The van der Waals surface area contributed by atoms with E-state index in [1.807, 2.05) is 31.2 Å². The molecule has 1 unspecified atom stereocenters. The zero-order valence-corrected chi connectivity index (χ0v) is 16.1. The number of rotatable bonds is 4. The van der Waals surface area contributed by atoms with E-state index in [-0.39, 0.29) is 11.4 Å². The number of hydrogen-bond acceptors (Lipinski definition) is 6. The van der Waals surface area contributed by atoms with Crippen LogP contribution < -0.4 is 4.90 Å². The van der Waals surface area contributed by atoms with Gasteiger partial charge in [-0.3, -0.25) is 14.5 Å². The van der Waals surface area contributed by atoms with E-state index >= 15 is 0 Å². The summed E-state index contributed by atoms with van der Waals surface area (Å²) in [6, 6.07) is 15.4. The third-order valence-electron chi connectivity index (χ3n) is 4.60. The van der Waals surface area contributed by atoms with E-state index < -0.39 is 17.7 Å². The Hall–Kier alpha value is -3.32. The van der Waals surface area contributed by atoms with E-state index in [4.69, 9.17) is 0 Å². The lowest BCUT2D eigenvalue weighted by Gasteiger charge is -2.24. The zero-order chi connectivity index (χ0) is 19.8. The van der Waals surface area contributed by atoms with Gasteiger partial charge in [-0.05, 0) is 19.4 Å². The van der Waals surface area contributed by atoms with Gasteiger partial charge in [0.05, 0.1) is 11.6 Å². The van der Waals surface area contributed by atoms with Crippen molar-refractivity contribution in [1.29, 1.82) is 0 Å². The average Bonchev–Trinajstić information content (AvgIpc) is 3.24. The predicted molar refractivity (Wildman–Crippen MR) is 106 cm³/mol. The van der Waals surface area contributed by atoms with Crippen molar-refractivity contribution in [2.45, 2.75) is 19.9 Å². The van der Waals surface area contributed by atoms with Crippen molar-refractivity contribution in [1.82, 2.24) is 10.2 Å². The van der Waals surface area contributed by atoms with E-state index in [1.165, 1.54) is 16.2 Å². The number of anilines is 1. The van der Waals surface area contributed by atoms with Gasteiger partial charge in [0.25, 0.3) is 5.91 Å². The molecule has 3 aromatic rings. The lowest BCUT2D eigenvalue weighted by Crippen LogP contribution is -2.31. The van der Waals surface area contributed by atoms with Crippen LogP contribution in [0.1, 0.15) is 32.5 Å². The molecule has 0 fully saturated rings. The summed E-state index contributed by atoms with van der Waals surface area (Å²) in [7, 11) is 0. The summed E-state index contributed by atoms with van der Waals surface area (Å²) in [6.07, 6.45) is 0. The highest BCUT2D eigenvalue weighted by molar-refractivity contribution is 7.15. The molecule has 1 aromatic heterocycles. The quantitative estimate of drug-likeness (QED) is 0.681. The lowest BCUT2D eigenvalue weighted by molar-refractivity contribution is -0.117. The Morgan fingerprint density at radius 2 is 1.71 bits per heavy atom. The number of nitrogens with zero attached hydrogens (tertiary/aromatic N) is 3. The van der Waals surface area contributed by atoms with Crippen LogP contribution in [0.3, 0.4) is 0 Å². The van der Waals surface area contributed by atoms with Crippen LogP contribution in [0.4, 0.5) is 5.13 Å². The minimum atomic E-state index is -0.770. The minimum Gasteiger partial charge on any atom is -0.503 e. The van der Waals surface area contributed by atoms with Crippen molar-refractivity contribution in [3.05, 3.63) is 87.6 Å². The van der Waals surface area contributed by atoms with E-state index in [1.54, 1.807) is 37.3 Å². The molecule has 1 N–H and O–H groups in total. The van der Waals surface area contributed by atoms with Gasteiger partial charge in [-0.1, -0.05) is 71.5 Å². The van der Waals surface area contributed by atoms with Crippen molar-refractivity contribution < 1.29 is 14.7 Å². The lowest BCUT2D eigenvalue weighted by atomic mass is 9.92. The molecule has 2 aromatic carbocycles. The highest BCUT2D eigenvalue weighted by Crippen LogP contribution is 2.42. The minimum absolute atomic E-state index is 0.0490. The van der Waals surface area contributed by atoms with Gasteiger partial charge in [0.2, 0.25) is 5.13 Å². The van der Waals surface area contributed by atoms with Crippen LogP contribution in [0.25, 0.3) is 0 Å². The maximum atomic E-state index is 13.2. The third kappa shape index (κ3) is 2.99. The summed E-state index contributed by atoms with van der Waals surface area (Å²) in [5.41, 5.74) is 2.22. The first kappa shape index (κ1) is 18.1. The number of aryl methyl sites for hydroxylation is 2. The third-order valence-corrected chi connectivity index (χ3v) is 5.44. The molecule has 2 heterocycles. The van der Waals surface area contributed by atoms with Gasteiger partial charge in [0.1, 0.15) is 5.01 Å². The molecule has 1 aliphatic rings. The van der Waals surface area contributed by atoms with Crippen molar-refractivity contribution in [3.63, 3.8) is 0 Å². The second kappa shape index (κ2) is 7.01. The summed E-state index contributed by atoms with van der Waals surface area (Å²) >= 11 is 1.24.